The molecule has 0 fully saturated rings. The van der Waals surface area contributed by atoms with Crippen molar-refractivity contribution >= 4 is 124 Å². The maximum atomic E-state index is 12.2. The Morgan fingerprint density at radius 2 is 0.644 bits per heavy atom. The number of carbonyl (C=O) groups is 3. The van der Waals surface area contributed by atoms with E-state index in [2.05, 4.69) is 112 Å². The smallest absolute Gasteiger partial charge is 0.545 e. The van der Waals surface area contributed by atoms with Gasteiger partial charge in [0.15, 0.2) is 0 Å². The molecule has 0 unspecified atom stereocenters. The normalized spacial score (nSPS) is 10.6. The molecule has 0 spiro atoms. The molecular weight excluding hydrogens is 1500 g/mol. The summed E-state index contributed by atoms with van der Waals surface area (Å²) in [6, 6.07) is 33.7. The summed E-state index contributed by atoms with van der Waals surface area (Å²) in [6.07, 6.45) is -1.65. The van der Waals surface area contributed by atoms with E-state index >= 15 is 0 Å². The van der Waals surface area contributed by atoms with Crippen molar-refractivity contribution in [3.05, 3.63) is 208 Å². The third kappa shape index (κ3) is 30.5. The van der Waals surface area contributed by atoms with Crippen molar-refractivity contribution in [1.82, 2.24) is 0 Å². The summed E-state index contributed by atoms with van der Waals surface area (Å²) in [5.41, 5.74) is 5.85. The van der Waals surface area contributed by atoms with E-state index in [0.29, 0.717) is 81.3 Å². The van der Waals surface area contributed by atoms with Gasteiger partial charge >= 0.3 is 111 Å². The first-order valence-electron chi connectivity index (χ1n) is 23.2. The zero-order chi connectivity index (χ0) is 61.7. The minimum atomic E-state index is -4.44. The van der Waals surface area contributed by atoms with Gasteiger partial charge < -0.3 is 29.7 Å². The molecular formula is C54H39Br3F6Na3O15P3S3. The Morgan fingerprint density at radius 3 is 0.851 bits per heavy atom. The van der Waals surface area contributed by atoms with Crippen molar-refractivity contribution < 1.29 is 188 Å². The van der Waals surface area contributed by atoms with Gasteiger partial charge in [-0.05, 0) is 132 Å². The summed E-state index contributed by atoms with van der Waals surface area (Å²) >= 11 is 14.4. The first-order valence-corrected chi connectivity index (χ1v) is 34.2. The van der Waals surface area contributed by atoms with Crippen LogP contribution in [0.1, 0.15) is 81.1 Å². The predicted molar refractivity (Wildman–Crippen MR) is 311 cm³/mol. The molecule has 6 aromatic carbocycles. The summed E-state index contributed by atoms with van der Waals surface area (Å²) in [6.45, 7) is 0. The van der Waals surface area contributed by atoms with E-state index in [-0.39, 0.29) is 105 Å². The van der Waals surface area contributed by atoms with Crippen molar-refractivity contribution in [3.8, 4) is 35.5 Å². The average molecular weight is 1540 g/mol. The number of carbonyl (C=O) groups excluding carboxylic acids is 3. The molecule has 0 heterocycles. The molecule has 0 N–H and O–H groups in total. The second-order valence-corrected chi connectivity index (χ2v) is 27.4. The summed E-state index contributed by atoms with van der Waals surface area (Å²) in [5, 5.41) is 32.4. The van der Waals surface area contributed by atoms with Crippen LogP contribution in [0.2, 0.25) is 0 Å². The van der Waals surface area contributed by atoms with E-state index in [9.17, 15) is 70.6 Å². The second kappa shape index (κ2) is 43.7. The molecule has 0 aliphatic rings. The summed E-state index contributed by atoms with van der Waals surface area (Å²) in [4.78, 5) is 32.4. The van der Waals surface area contributed by atoms with Gasteiger partial charge in [-0.2, -0.15) is 0 Å². The van der Waals surface area contributed by atoms with E-state index in [1.807, 2.05) is 0 Å². The molecule has 0 saturated carbocycles. The standard InChI is InChI=1S/3C18H14BrF2O5PS.3Na/c3*19-17-10-14(6-7-16(17)11-27(24,25-20)26-21)12-28-8-2-4-13-3-1-5-15(9-13)18(22)23;;;/h3*1,3,5-7,9-10H,8,11-12H2,(H,22,23);;;/q;;;3*+1/p-3. The number of carboxylic acids is 3. The second-order valence-electron chi connectivity index (χ2n) is 16.5. The fourth-order valence-corrected chi connectivity index (χ4v) is 13.3. The molecule has 33 heteroatoms. The Hall–Kier alpha value is -2.07. The van der Waals surface area contributed by atoms with Crippen LogP contribution in [0.15, 0.2) is 141 Å². The van der Waals surface area contributed by atoms with Crippen molar-refractivity contribution in [2.24, 2.45) is 0 Å². The van der Waals surface area contributed by atoms with Crippen molar-refractivity contribution in [2.75, 3.05) is 17.3 Å². The SMILES string of the molecule is O=C([O-])c1cccc(C#CCSCc2ccc(CP(=O)(OF)OF)c(Br)c2)c1.O=C([O-])c1cccc(C#CCSCc2ccc(CP(=O)(OF)OF)c(Br)c2)c1.O=C([O-])c1cccc(C#CCSCc2ccc(CP(=O)(OF)OF)c(Br)c2)c1.[Na+].[Na+].[Na+]. The average Bonchev–Trinajstić information content (AvgIpc) is 3.18. The number of hydrogen-bond acceptors (Lipinski definition) is 18. The maximum absolute atomic E-state index is 12.2. The van der Waals surface area contributed by atoms with Gasteiger partial charge in [-0.1, -0.05) is 156 Å². The van der Waals surface area contributed by atoms with Crippen LogP contribution in [-0.2, 0) is 77.8 Å². The number of benzene rings is 6. The topological polar surface area (TPSA) is 227 Å². The molecule has 0 radical (unpaired) electrons. The summed E-state index contributed by atoms with van der Waals surface area (Å²) < 4.78 is 128. The van der Waals surface area contributed by atoms with Crippen LogP contribution < -0.4 is 104 Å². The molecule has 0 amide bonds. The Kier molecular flexibility index (Phi) is 41.7. The Bertz CT molecular complexity index is 3240. The maximum Gasteiger partial charge on any atom is 1.00 e. The molecule has 0 bridgehead atoms. The summed E-state index contributed by atoms with van der Waals surface area (Å²) in [7, 11) is -13.3. The molecule has 6 aromatic rings. The van der Waals surface area contributed by atoms with Crippen LogP contribution in [-0.4, -0.2) is 35.2 Å². The van der Waals surface area contributed by atoms with Crippen LogP contribution in [0.5, 0.6) is 0 Å². The Morgan fingerprint density at radius 1 is 0.402 bits per heavy atom. The number of carboxylic acid groups (broad SMARTS) is 3. The first kappa shape index (κ1) is 82.9. The molecule has 15 nitrogen and oxygen atoms in total. The Labute approximate surface area is 600 Å². The van der Waals surface area contributed by atoms with Gasteiger partial charge in [0.25, 0.3) is 0 Å². The molecule has 0 aliphatic heterocycles. The third-order valence-electron chi connectivity index (χ3n) is 10.4. The van der Waals surface area contributed by atoms with Crippen molar-refractivity contribution in [3.63, 3.8) is 0 Å². The number of aromatic carboxylic acids is 3. The van der Waals surface area contributed by atoms with E-state index < -0.39 is 59.2 Å². The first-order chi connectivity index (χ1) is 40.1. The van der Waals surface area contributed by atoms with Gasteiger partial charge in [-0.15, -0.1) is 63.7 Å². The number of halogens is 9. The van der Waals surface area contributed by atoms with Gasteiger partial charge in [0.1, 0.15) is 0 Å². The largest absolute Gasteiger partial charge is 1.00 e. The van der Waals surface area contributed by atoms with E-state index in [4.69, 9.17) is 0 Å². The van der Waals surface area contributed by atoms with Crippen LogP contribution in [0.4, 0.5) is 27.2 Å². The molecule has 444 valence electrons. The number of thioether (sulfide) groups is 3. The van der Waals surface area contributed by atoms with Crippen LogP contribution in [0.25, 0.3) is 0 Å². The van der Waals surface area contributed by atoms with Crippen molar-refractivity contribution in [1.29, 1.82) is 0 Å². The molecule has 0 atom stereocenters. The third-order valence-corrected chi connectivity index (χ3v) is 18.7. The minimum Gasteiger partial charge on any atom is -0.545 e. The van der Waals surface area contributed by atoms with Gasteiger partial charge in [0.2, 0.25) is 0 Å². The predicted octanol–water partition coefficient (Wildman–Crippen LogP) is 4.79. The molecule has 6 rings (SSSR count). The minimum absolute atomic E-state index is 0. The molecule has 0 aromatic heterocycles. The van der Waals surface area contributed by atoms with E-state index in [1.165, 1.54) is 71.7 Å². The number of hydrogen-bond donors (Lipinski definition) is 0. The van der Waals surface area contributed by atoms with E-state index in [0.717, 1.165) is 16.7 Å². The molecule has 0 saturated heterocycles. The van der Waals surface area contributed by atoms with Gasteiger partial charge in [0, 0.05) is 47.4 Å². The monoisotopic (exact) mass is 1540 g/mol. The fraction of sp³-hybridized carbons (Fsp3) is 0.167. The van der Waals surface area contributed by atoms with Gasteiger partial charge in [0.05, 0.1) is 53.7 Å². The van der Waals surface area contributed by atoms with Crippen LogP contribution in [0, 0.1) is 35.5 Å². The quantitative estimate of drug-likeness (QED) is 0.0261. The van der Waals surface area contributed by atoms with Gasteiger partial charge in [-0.3, -0.25) is 13.7 Å². The zero-order valence-electron chi connectivity index (χ0n) is 45.6. The van der Waals surface area contributed by atoms with Crippen molar-refractivity contribution in [2.45, 2.75) is 35.7 Å². The Balaban J connectivity index is 0.000000641. The zero-order valence-corrected chi connectivity index (χ0v) is 61.5. The van der Waals surface area contributed by atoms with Gasteiger partial charge in [-0.25, -0.2) is 0 Å². The molecule has 0 aliphatic carbocycles. The molecule has 87 heavy (non-hydrogen) atoms. The number of rotatable bonds is 24. The summed E-state index contributed by atoms with van der Waals surface area (Å²) in [5.74, 6) is 17.1. The fourth-order valence-electron chi connectivity index (χ4n) is 6.48. The van der Waals surface area contributed by atoms with E-state index in [1.54, 1.807) is 91.0 Å². The van der Waals surface area contributed by atoms with Crippen LogP contribution in [0.3, 0.4) is 0 Å². The van der Waals surface area contributed by atoms with Crippen LogP contribution >= 0.6 is 106 Å².